The van der Waals surface area contributed by atoms with Gasteiger partial charge in [0, 0.05) is 28.8 Å². The Morgan fingerprint density at radius 2 is 1.95 bits per heavy atom. The molecule has 0 heterocycles. The van der Waals surface area contributed by atoms with E-state index in [4.69, 9.17) is 23.2 Å². The summed E-state index contributed by atoms with van der Waals surface area (Å²) in [6, 6.07) is 10.9. The van der Waals surface area contributed by atoms with Gasteiger partial charge in [-0.05, 0) is 35.9 Å². The van der Waals surface area contributed by atoms with Crippen molar-refractivity contribution in [2.75, 3.05) is 12.4 Å². The van der Waals surface area contributed by atoms with Crippen LogP contribution in [0.5, 0.6) is 0 Å². The first-order valence-corrected chi connectivity index (χ1v) is 7.75. The van der Waals surface area contributed by atoms with E-state index >= 15 is 0 Å². The number of hydrogen-bond acceptors (Lipinski definition) is 2. The summed E-state index contributed by atoms with van der Waals surface area (Å²) in [4.78, 5) is 11.7. The van der Waals surface area contributed by atoms with Crippen LogP contribution in [0.3, 0.4) is 0 Å². The Morgan fingerprint density at radius 1 is 1.19 bits per heavy atom. The number of nitrogens with one attached hydrogen (secondary N) is 2. The van der Waals surface area contributed by atoms with Crippen LogP contribution in [-0.4, -0.2) is 13.0 Å². The maximum atomic E-state index is 11.7. The molecule has 0 spiro atoms. The number of halogens is 3. The van der Waals surface area contributed by atoms with Gasteiger partial charge in [-0.15, -0.1) is 0 Å². The molecule has 21 heavy (non-hydrogen) atoms. The fourth-order valence-electron chi connectivity index (χ4n) is 1.81. The molecular formula is C15H13BrCl2N2O. The van der Waals surface area contributed by atoms with Gasteiger partial charge < -0.3 is 10.6 Å². The van der Waals surface area contributed by atoms with Gasteiger partial charge in [-0.3, -0.25) is 4.79 Å². The Kier molecular flexibility index (Phi) is 5.51. The average Bonchev–Trinajstić information content (AvgIpc) is 2.47. The molecule has 0 unspecified atom stereocenters. The highest BCUT2D eigenvalue weighted by Crippen LogP contribution is 2.24. The molecule has 0 saturated heterocycles. The zero-order valence-electron chi connectivity index (χ0n) is 11.2. The molecule has 1 amide bonds. The van der Waals surface area contributed by atoms with Gasteiger partial charge in [0.05, 0.1) is 10.6 Å². The van der Waals surface area contributed by atoms with Crippen molar-refractivity contribution in [2.45, 2.75) is 6.54 Å². The molecule has 0 saturated carbocycles. The van der Waals surface area contributed by atoms with Gasteiger partial charge in [0.15, 0.2) is 0 Å². The third kappa shape index (κ3) is 4.13. The van der Waals surface area contributed by atoms with E-state index < -0.39 is 0 Å². The van der Waals surface area contributed by atoms with Crippen LogP contribution < -0.4 is 10.6 Å². The highest BCUT2D eigenvalue weighted by atomic mass is 79.9. The van der Waals surface area contributed by atoms with E-state index in [2.05, 4.69) is 26.6 Å². The topological polar surface area (TPSA) is 41.1 Å². The molecule has 0 aliphatic heterocycles. The molecule has 6 heteroatoms. The lowest BCUT2D eigenvalue weighted by Crippen LogP contribution is -2.18. The number of rotatable bonds is 4. The van der Waals surface area contributed by atoms with Crippen LogP contribution in [-0.2, 0) is 6.54 Å². The number of carbonyl (C=O) groups excluding carboxylic acids is 1. The Morgan fingerprint density at radius 3 is 2.62 bits per heavy atom. The summed E-state index contributed by atoms with van der Waals surface area (Å²) in [5, 5.41) is 6.92. The quantitative estimate of drug-likeness (QED) is 0.796. The molecule has 0 fully saturated rings. The van der Waals surface area contributed by atoms with Crippen LogP contribution in [0.2, 0.25) is 10.0 Å². The molecule has 2 aromatic carbocycles. The Bertz CT molecular complexity index is 677. The van der Waals surface area contributed by atoms with Crippen molar-refractivity contribution in [2.24, 2.45) is 0 Å². The van der Waals surface area contributed by atoms with E-state index in [1.807, 2.05) is 24.3 Å². The second-order valence-electron chi connectivity index (χ2n) is 4.36. The van der Waals surface area contributed by atoms with Crippen molar-refractivity contribution < 1.29 is 4.79 Å². The molecule has 0 radical (unpaired) electrons. The van der Waals surface area contributed by atoms with Crippen molar-refractivity contribution in [3.63, 3.8) is 0 Å². The summed E-state index contributed by atoms with van der Waals surface area (Å²) in [5.41, 5.74) is 2.33. The lowest BCUT2D eigenvalue weighted by Gasteiger charge is -2.11. The second kappa shape index (κ2) is 7.16. The van der Waals surface area contributed by atoms with Gasteiger partial charge in [-0.25, -0.2) is 0 Å². The molecule has 2 rings (SSSR count). The molecule has 2 aromatic rings. The number of carbonyl (C=O) groups is 1. The molecule has 0 aliphatic rings. The minimum Gasteiger partial charge on any atom is -0.381 e. The summed E-state index contributed by atoms with van der Waals surface area (Å²) in [6.45, 7) is 0.604. The number of hydrogen-bond donors (Lipinski definition) is 2. The normalized spacial score (nSPS) is 10.3. The molecule has 0 aromatic heterocycles. The third-order valence-electron chi connectivity index (χ3n) is 2.94. The van der Waals surface area contributed by atoms with Gasteiger partial charge in [-0.1, -0.05) is 45.2 Å². The summed E-state index contributed by atoms with van der Waals surface area (Å²) in [6.07, 6.45) is 0. The monoisotopic (exact) mass is 386 g/mol. The Labute approximate surface area is 141 Å². The fraction of sp³-hybridized carbons (Fsp3) is 0.133. The van der Waals surface area contributed by atoms with Crippen molar-refractivity contribution >= 4 is 50.7 Å². The number of benzene rings is 2. The standard InChI is InChI=1S/C15H13BrCl2N2O/c1-19-15(21)12-7-11(4-5-14(12)18)20-8-9-2-3-10(17)6-13(9)16/h2-7,20H,8H2,1H3,(H,19,21). The van der Waals surface area contributed by atoms with Gasteiger partial charge in [-0.2, -0.15) is 0 Å². The van der Waals surface area contributed by atoms with Crippen LogP contribution in [0, 0.1) is 0 Å². The summed E-state index contributed by atoms with van der Waals surface area (Å²) >= 11 is 15.4. The van der Waals surface area contributed by atoms with Crippen LogP contribution in [0.15, 0.2) is 40.9 Å². The predicted octanol–water partition coefficient (Wildman–Crippen LogP) is 4.73. The summed E-state index contributed by atoms with van der Waals surface area (Å²) in [7, 11) is 1.57. The van der Waals surface area contributed by atoms with Crippen LogP contribution in [0.1, 0.15) is 15.9 Å². The maximum Gasteiger partial charge on any atom is 0.252 e. The average molecular weight is 388 g/mol. The number of amides is 1. The molecule has 0 atom stereocenters. The van der Waals surface area contributed by atoms with Crippen molar-refractivity contribution in [3.05, 3.63) is 62.0 Å². The maximum absolute atomic E-state index is 11.7. The van der Waals surface area contributed by atoms with Gasteiger partial charge in [0.1, 0.15) is 0 Å². The highest BCUT2D eigenvalue weighted by Gasteiger charge is 2.09. The van der Waals surface area contributed by atoms with Gasteiger partial charge in [0.25, 0.3) is 5.91 Å². The largest absolute Gasteiger partial charge is 0.381 e. The number of anilines is 1. The zero-order chi connectivity index (χ0) is 15.4. The smallest absolute Gasteiger partial charge is 0.252 e. The SMILES string of the molecule is CNC(=O)c1cc(NCc2ccc(Cl)cc2Br)ccc1Cl. The molecule has 110 valence electrons. The van der Waals surface area contributed by atoms with E-state index in [9.17, 15) is 4.79 Å². The van der Waals surface area contributed by atoms with Crippen LogP contribution in [0.25, 0.3) is 0 Å². The lowest BCUT2D eigenvalue weighted by atomic mass is 10.1. The lowest BCUT2D eigenvalue weighted by molar-refractivity contribution is 0.0963. The summed E-state index contributed by atoms with van der Waals surface area (Å²) < 4.78 is 0.933. The summed E-state index contributed by atoms with van der Waals surface area (Å²) in [5.74, 6) is -0.212. The van der Waals surface area contributed by atoms with Crippen molar-refractivity contribution in [1.29, 1.82) is 0 Å². The molecule has 3 nitrogen and oxygen atoms in total. The van der Waals surface area contributed by atoms with E-state index in [1.54, 1.807) is 19.2 Å². The van der Waals surface area contributed by atoms with Crippen LogP contribution in [0.4, 0.5) is 5.69 Å². The molecule has 2 N–H and O–H groups in total. The van der Waals surface area contributed by atoms with E-state index in [0.29, 0.717) is 22.2 Å². The van der Waals surface area contributed by atoms with Crippen molar-refractivity contribution in [1.82, 2.24) is 5.32 Å². The predicted molar refractivity (Wildman–Crippen MR) is 91.3 cm³/mol. The minimum absolute atomic E-state index is 0.212. The third-order valence-corrected chi connectivity index (χ3v) is 4.24. The highest BCUT2D eigenvalue weighted by molar-refractivity contribution is 9.10. The Hall–Kier alpha value is -1.23. The fourth-order valence-corrected chi connectivity index (χ4v) is 2.83. The van der Waals surface area contributed by atoms with E-state index in [0.717, 1.165) is 15.7 Å². The van der Waals surface area contributed by atoms with Gasteiger partial charge in [0.2, 0.25) is 0 Å². The molecular weight excluding hydrogens is 375 g/mol. The Balaban J connectivity index is 2.15. The zero-order valence-corrected chi connectivity index (χ0v) is 14.3. The second-order valence-corrected chi connectivity index (χ2v) is 6.06. The van der Waals surface area contributed by atoms with E-state index in [1.165, 1.54) is 0 Å². The van der Waals surface area contributed by atoms with E-state index in [-0.39, 0.29) is 5.91 Å². The first-order valence-electron chi connectivity index (χ1n) is 6.20. The van der Waals surface area contributed by atoms with Crippen molar-refractivity contribution in [3.8, 4) is 0 Å². The first kappa shape index (κ1) is 16.1. The minimum atomic E-state index is -0.212. The molecule has 0 bridgehead atoms. The van der Waals surface area contributed by atoms with Crippen LogP contribution >= 0.6 is 39.1 Å². The first-order chi connectivity index (χ1) is 10.0. The van der Waals surface area contributed by atoms with Gasteiger partial charge >= 0.3 is 0 Å². The molecule has 0 aliphatic carbocycles.